The molecule has 10 heteroatoms. The summed E-state index contributed by atoms with van der Waals surface area (Å²) in [6, 6.07) is 19.7. The molecular weight excluding hydrogens is 536 g/mol. The predicted molar refractivity (Wildman–Crippen MR) is 156 cm³/mol. The molecule has 1 saturated heterocycles. The van der Waals surface area contributed by atoms with E-state index in [2.05, 4.69) is 10.6 Å². The number of aromatic nitrogens is 1. The number of hydrogen-bond donors (Lipinski definition) is 2. The molecule has 2 atom stereocenters. The van der Waals surface area contributed by atoms with E-state index in [9.17, 15) is 14.4 Å². The Kier molecular flexibility index (Phi) is 7.43. The van der Waals surface area contributed by atoms with Crippen LogP contribution in [0.5, 0.6) is 17.2 Å². The van der Waals surface area contributed by atoms with Crippen molar-refractivity contribution in [3.63, 3.8) is 0 Å². The van der Waals surface area contributed by atoms with Crippen LogP contribution in [0.2, 0.25) is 0 Å². The zero-order valence-corrected chi connectivity index (χ0v) is 23.5. The number of aryl methyl sites for hydroxylation is 1. The number of benzene rings is 3. The maximum atomic E-state index is 13.6. The number of carbonyl (C=O) groups is 3. The highest BCUT2D eigenvalue weighted by Crippen LogP contribution is 2.29. The summed E-state index contributed by atoms with van der Waals surface area (Å²) in [7, 11) is 3.46. The molecule has 3 aliphatic rings. The first-order chi connectivity index (χ1) is 20.4. The highest BCUT2D eigenvalue weighted by Gasteiger charge is 2.38. The van der Waals surface area contributed by atoms with Crippen molar-refractivity contribution in [1.82, 2.24) is 20.1 Å². The van der Waals surface area contributed by atoms with Gasteiger partial charge in [0.05, 0.1) is 26.1 Å². The van der Waals surface area contributed by atoms with Crippen LogP contribution >= 0.6 is 0 Å². The lowest BCUT2D eigenvalue weighted by molar-refractivity contribution is -0.129. The highest BCUT2D eigenvalue weighted by atomic mass is 16.5. The fourth-order valence-corrected chi connectivity index (χ4v) is 5.51. The van der Waals surface area contributed by atoms with Crippen molar-refractivity contribution in [3.05, 3.63) is 89.6 Å². The van der Waals surface area contributed by atoms with Gasteiger partial charge in [0.15, 0.2) is 18.1 Å². The Hall–Kier alpha value is -4.99. The molecule has 10 nitrogen and oxygen atoms in total. The van der Waals surface area contributed by atoms with Crippen LogP contribution in [0.1, 0.15) is 21.5 Å². The van der Waals surface area contributed by atoms with Gasteiger partial charge in [0.1, 0.15) is 11.9 Å². The van der Waals surface area contributed by atoms with E-state index >= 15 is 0 Å². The molecule has 4 bridgehead atoms. The van der Waals surface area contributed by atoms with Gasteiger partial charge in [0.2, 0.25) is 5.91 Å². The second kappa shape index (κ2) is 11.5. The number of rotatable bonds is 3. The molecule has 1 aromatic heterocycles. The monoisotopic (exact) mass is 568 g/mol. The van der Waals surface area contributed by atoms with E-state index in [4.69, 9.17) is 14.2 Å². The standard InChI is InChI=1S/C32H32N4O6/c1-35-16-22(24-5-3-4-6-26(24)35)14-31(38)36-17-25-29(18-36)42-23-10-7-20(8-11-23)15-33-30(37)19-41-28-13-21(32(39)34-25)9-12-27(28)40-2/h3-13,16,25,29H,14-15,17-19H2,1-2H3,(H,33,37)(H,34,39)/t25-,29-/m0/s1. The number of amides is 3. The molecule has 0 saturated carbocycles. The maximum absolute atomic E-state index is 13.6. The van der Waals surface area contributed by atoms with E-state index in [1.165, 1.54) is 7.11 Å². The van der Waals surface area contributed by atoms with Crippen molar-refractivity contribution in [2.24, 2.45) is 7.05 Å². The van der Waals surface area contributed by atoms with Crippen LogP contribution in [0.15, 0.2) is 72.9 Å². The van der Waals surface area contributed by atoms with Crippen LogP contribution in [-0.4, -0.2) is 66.1 Å². The van der Waals surface area contributed by atoms with Crippen molar-refractivity contribution >= 4 is 28.6 Å². The molecular formula is C32H32N4O6. The zero-order chi connectivity index (χ0) is 29.2. The van der Waals surface area contributed by atoms with Crippen LogP contribution in [0.25, 0.3) is 10.9 Å². The number of methoxy groups -OCH3 is 1. The molecule has 42 heavy (non-hydrogen) atoms. The maximum Gasteiger partial charge on any atom is 0.258 e. The van der Waals surface area contributed by atoms with Crippen molar-refractivity contribution in [2.45, 2.75) is 25.1 Å². The number of nitrogens with one attached hydrogen (secondary N) is 2. The minimum Gasteiger partial charge on any atom is -0.493 e. The predicted octanol–water partition coefficient (Wildman–Crippen LogP) is 2.83. The minimum atomic E-state index is -0.472. The molecule has 0 unspecified atom stereocenters. The quantitative estimate of drug-likeness (QED) is 0.393. The van der Waals surface area contributed by atoms with Gasteiger partial charge in [-0.1, -0.05) is 30.3 Å². The van der Waals surface area contributed by atoms with Gasteiger partial charge in [-0.15, -0.1) is 0 Å². The molecule has 0 spiro atoms. The first-order valence-corrected chi connectivity index (χ1v) is 13.8. The third-order valence-electron chi connectivity index (χ3n) is 7.74. The SMILES string of the molecule is COc1ccc2cc1OCC(=O)NCc1ccc(cc1)O[C@H]1CN(C(=O)Cc3cn(C)c4ccccc34)C[C@@H]1NC2=O. The number of para-hydroxylation sites is 1. The fraction of sp³-hybridized carbons (Fsp3) is 0.281. The number of hydrogen-bond acceptors (Lipinski definition) is 6. The number of likely N-dealkylation sites (tertiary alicyclic amines) is 1. The normalized spacial score (nSPS) is 18.9. The van der Waals surface area contributed by atoms with E-state index in [1.807, 2.05) is 66.3 Å². The van der Waals surface area contributed by atoms with Crippen molar-refractivity contribution < 1.29 is 28.6 Å². The number of ether oxygens (including phenoxy) is 3. The van der Waals surface area contributed by atoms with Crippen LogP contribution in [0, 0.1) is 0 Å². The molecule has 4 aromatic rings. The Morgan fingerprint density at radius 1 is 1.05 bits per heavy atom. The summed E-state index contributed by atoms with van der Waals surface area (Å²) in [5, 5.41) is 6.94. The summed E-state index contributed by atoms with van der Waals surface area (Å²) >= 11 is 0. The van der Waals surface area contributed by atoms with E-state index in [1.54, 1.807) is 23.1 Å². The smallest absolute Gasteiger partial charge is 0.258 e. The third-order valence-corrected chi connectivity index (χ3v) is 7.74. The highest BCUT2D eigenvalue weighted by molar-refractivity contribution is 5.95. The molecule has 3 aliphatic heterocycles. The first-order valence-electron chi connectivity index (χ1n) is 13.8. The molecule has 3 aromatic carbocycles. The van der Waals surface area contributed by atoms with Gasteiger partial charge in [-0.3, -0.25) is 14.4 Å². The number of carbonyl (C=O) groups excluding carboxylic acids is 3. The number of nitrogens with zero attached hydrogens (tertiary/aromatic N) is 2. The van der Waals surface area contributed by atoms with Gasteiger partial charge < -0.3 is 34.3 Å². The molecule has 2 N–H and O–H groups in total. The van der Waals surface area contributed by atoms with Crippen molar-refractivity contribution in [1.29, 1.82) is 0 Å². The largest absolute Gasteiger partial charge is 0.493 e. The molecule has 0 aliphatic carbocycles. The average Bonchev–Trinajstić information content (AvgIpc) is 3.55. The van der Waals surface area contributed by atoms with Gasteiger partial charge in [0, 0.05) is 42.8 Å². The summed E-state index contributed by atoms with van der Waals surface area (Å²) in [4.78, 5) is 41.1. The lowest BCUT2D eigenvalue weighted by atomic mass is 10.1. The average molecular weight is 569 g/mol. The summed E-state index contributed by atoms with van der Waals surface area (Å²) < 4.78 is 19.4. The van der Waals surface area contributed by atoms with Gasteiger partial charge in [0.25, 0.3) is 11.8 Å². The molecule has 216 valence electrons. The fourth-order valence-electron chi connectivity index (χ4n) is 5.51. The van der Waals surface area contributed by atoms with Gasteiger partial charge >= 0.3 is 0 Å². The second-order valence-electron chi connectivity index (χ2n) is 10.6. The molecule has 7 rings (SSSR count). The van der Waals surface area contributed by atoms with E-state index < -0.39 is 12.1 Å². The third kappa shape index (κ3) is 5.60. The lowest BCUT2D eigenvalue weighted by Gasteiger charge is -2.21. The molecule has 4 heterocycles. The van der Waals surface area contributed by atoms with Crippen LogP contribution in [-0.2, 0) is 29.6 Å². The molecule has 1 fully saturated rings. The zero-order valence-electron chi connectivity index (χ0n) is 23.5. The van der Waals surface area contributed by atoms with Crippen LogP contribution in [0.4, 0.5) is 0 Å². The van der Waals surface area contributed by atoms with Gasteiger partial charge in [-0.05, 0) is 47.5 Å². The van der Waals surface area contributed by atoms with Gasteiger partial charge in [-0.2, -0.15) is 0 Å². The Labute approximate surface area is 243 Å². The van der Waals surface area contributed by atoms with E-state index in [0.717, 1.165) is 22.0 Å². The molecule has 3 amide bonds. The summed E-state index contributed by atoms with van der Waals surface area (Å²) in [5.74, 6) is 0.592. The Morgan fingerprint density at radius 3 is 2.67 bits per heavy atom. The molecule has 0 radical (unpaired) electrons. The van der Waals surface area contributed by atoms with E-state index in [0.29, 0.717) is 36.7 Å². The topological polar surface area (TPSA) is 111 Å². The first kappa shape index (κ1) is 27.2. The van der Waals surface area contributed by atoms with E-state index in [-0.39, 0.29) is 36.5 Å². The van der Waals surface area contributed by atoms with Crippen LogP contribution in [0.3, 0.4) is 0 Å². The van der Waals surface area contributed by atoms with Crippen LogP contribution < -0.4 is 24.8 Å². The lowest BCUT2D eigenvalue weighted by Crippen LogP contribution is -2.45. The Bertz CT molecular complexity index is 1650. The van der Waals surface area contributed by atoms with Crippen molar-refractivity contribution in [2.75, 3.05) is 26.8 Å². The minimum absolute atomic E-state index is 0.0370. The summed E-state index contributed by atoms with van der Waals surface area (Å²) in [6.07, 6.45) is 1.77. The van der Waals surface area contributed by atoms with Crippen molar-refractivity contribution in [3.8, 4) is 17.2 Å². The Balaban J connectivity index is 1.27. The summed E-state index contributed by atoms with van der Waals surface area (Å²) in [6.45, 7) is 0.711. The van der Waals surface area contributed by atoms with Gasteiger partial charge in [-0.25, -0.2) is 0 Å². The summed E-state index contributed by atoms with van der Waals surface area (Å²) in [5.41, 5.74) is 3.25. The number of fused-ring (bicyclic) bond motifs is 8. The second-order valence-corrected chi connectivity index (χ2v) is 10.6. The Morgan fingerprint density at radius 2 is 1.86 bits per heavy atom.